The summed E-state index contributed by atoms with van der Waals surface area (Å²) in [5.74, 6) is -0.365. The molecule has 2 nitrogen and oxygen atoms in total. The molecule has 0 saturated heterocycles. The number of pyridine rings is 1. The van der Waals surface area contributed by atoms with Crippen molar-refractivity contribution < 1.29 is 4.39 Å². The maximum Gasteiger partial charge on any atom is 0.154 e. The Kier molecular flexibility index (Phi) is 4.50. The van der Waals surface area contributed by atoms with Crippen LogP contribution in [0.5, 0.6) is 0 Å². The zero-order chi connectivity index (χ0) is 14.0. The van der Waals surface area contributed by atoms with Crippen molar-refractivity contribution >= 4 is 40.5 Å². The van der Waals surface area contributed by atoms with E-state index in [0.717, 1.165) is 5.56 Å². The Morgan fingerprint density at radius 2 is 2.00 bits per heavy atom. The van der Waals surface area contributed by atoms with E-state index in [1.54, 1.807) is 18.2 Å². The number of anilines is 1. The Balaban J connectivity index is 2.24. The molecule has 1 aromatic heterocycles. The smallest absolute Gasteiger partial charge is 0.154 e. The van der Waals surface area contributed by atoms with Gasteiger partial charge in [-0.3, -0.25) is 0 Å². The lowest BCUT2D eigenvalue weighted by Gasteiger charge is -2.12. The maximum atomic E-state index is 13.6. The Morgan fingerprint density at radius 1 is 1.26 bits per heavy atom. The summed E-state index contributed by atoms with van der Waals surface area (Å²) in [5, 5.41) is 3.96. The fourth-order valence-electron chi connectivity index (χ4n) is 1.69. The van der Waals surface area contributed by atoms with Gasteiger partial charge in [-0.15, -0.1) is 0 Å². The molecule has 6 heteroatoms. The first-order valence-electron chi connectivity index (χ1n) is 5.48. The summed E-state index contributed by atoms with van der Waals surface area (Å²) in [4.78, 5) is 3.93. The first kappa shape index (κ1) is 14.4. The number of halogens is 4. The number of aromatic nitrogens is 1. The van der Waals surface area contributed by atoms with Crippen molar-refractivity contribution in [3.8, 4) is 0 Å². The number of aryl methyl sites for hydroxylation is 1. The van der Waals surface area contributed by atoms with Crippen LogP contribution in [0.1, 0.15) is 11.1 Å². The minimum absolute atomic E-state index is 0.218. The zero-order valence-electron chi connectivity index (χ0n) is 9.98. The second-order valence-corrected chi connectivity index (χ2v) is 5.13. The normalized spacial score (nSPS) is 10.6. The van der Waals surface area contributed by atoms with E-state index < -0.39 is 0 Å². The third-order valence-electron chi connectivity index (χ3n) is 2.64. The molecule has 2 rings (SSSR count). The number of hydrogen-bond acceptors (Lipinski definition) is 2. The number of nitrogens with zero attached hydrogens (tertiary/aromatic N) is 1. The summed E-state index contributed by atoms with van der Waals surface area (Å²) in [5.41, 5.74) is 1.83. The van der Waals surface area contributed by atoms with Crippen LogP contribution in [0.2, 0.25) is 15.3 Å². The first-order chi connectivity index (χ1) is 8.99. The summed E-state index contributed by atoms with van der Waals surface area (Å²) < 4.78 is 13.6. The van der Waals surface area contributed by atoms with Gasteiger partial charge in [0.15, 0.2) is 5.15 Å². The predicted octanol–water partition coefficient (Wildman–Crippen LogP) is 5.10. The van der Waals surface area contributed by atoms with E-state index in [9.17, 15) is 4.39 Å². The molecule has 0 atom stereocenters. The first-order valence-corrected chi connectivity index (χ1v) is 6.62. The van der Waals surface area contributed by atoms with Crippen LogP contribution in [0.3, 0.4) is 0 Å². The van der Waals surface area contributed by atoms with Gasteiger partial charge < -0.3 is 5.32 Å². The molecule has 0 aliphatic rings. The molecule has 100 valence electrons. The topological polar surface area (TPSA) is 24.9 Å². The lowest BCUT2D eigenvalue weighted by Crippen LogP contribution is -2.05. The van der Waals surface area contributed by atoms with Gasteiger partial charge in [0.1, 0.15) is 11.0 Å². The molecule has 19 heavy (non-hydrogen) atoms. The van der Waals surface area contributed by atoms with Crippen LogP contribution >= 0.6 is 34.8 Å². The second-order valence-electron chi connectivity index (χ2n) is 3.98. The number of rotatable bonds is 3. The highest BCUT2D eigenvalue weighted by atomic mass is 35.5. The summed E-state index contributed by atoms with van der Waals surface area (Å²) >= 11 is 17.7. The van der Waals surface area contributed by atoms with Gasteiger partial charge in [0.05, 0.1) is 5.69 Å². The van der Waals surface area contributed by atoms with Crippen LogP contribution < -0.4 is 5.32 Å². The second kappa shape index (κ2) is 5.95. The fraction of sp³-hybridized carbons (Fsp3) is 0.154. The Bertz CT molecular complexity index is 574. The summed E-state index contributed by atoms with van der Waals surface area (Å²) in [6.07, 6.45) is 0. The highest BCUT2D eigenvalue weighted by Gasteiger charge is 2.10. The minimum Gasteiger partial charge on any atom is -0.378 e. The van der Waals surface area contributed by atoms with Crippen molar-refractivity contribution in [1.29, 1.82) is 0 Å². The van der Waals surface area contributed by atoms with Gasteiger partial charge in [0.2, 0.25) is 0 Å². The molecule has 0 unspecified atom stereocenters. The van der Waals surface area contributed by atoms with Gasteiger partial charge in [-0.25, -0.2) is 9.37 Å². The van der Waals surface area contributed by atoms with Crippen LogP contribution in [0.4, 0.5) is 10.1 Å². The lowest BCUT2D eigenvalue weighted by atomic mass is 10.2. The molecule has 1 N–H and O–H groups in total. The number of hydrogen-bond donors (Lipinski definition) is 1. The fourth-order valence-corrected chi connectivity index (χ4v) is 2.51. The van der Waals surface area contributed by atoms with Crippen LogP contribution in [0.15, 0.2) is 24.3 Å². The molecular formula is C13H10Cl3FN2. The van der Waals surface area contributed by atoms with Crippen LogP contribution in [0, 0.1) is 12.7 Å². The SMILES string of the molecule is Cc1cc(Cl)nc(Cl)c1NCc1c(F)cccc1Cl. The molecule has 2 aromatic rings. The molecule has 0 fully saturated rings. The Labute approximate surface area is 125 Å². The van der Waals surface area contributed by atoms with Gasteiger partial charge in [0, 0.05) is 17.1 Å². The van der Waals surface area contributed by atoms with Crippen LogP contribution in [-0.2, 0) is 6.54 Å². The van der Waals surface area contributed by atoms with Crippen molar-refractivity contribution in [3.63, 3.8) is 0 Å². The quantitative estimate of drug-likeness (QED) is 0.796. The average Bonchev–Trinajstić information content (AvgIpc) is 2.31. The summed E-state index contributed by atoms with van der Waals surface area (Å²) in [6, 6.07) is 6.23. The molecular weight excluding hydrogens is 310 g/mol. The molecule has 0 amide bonds. The van der Waals surface area contributed by atoms with E-state index in [2.05, 4.69) is 10.3 Å². The summed E-state index contributed by atoms with van der Waals surface area (Å²) in [7, 11) is 0. The molecule has 0 saturated carbocycles. The molecule has 0 bridgehead atoms. The van der Waals surface area contributed by atoms with Crippen LogP contribution in [-0.4, -0.2) is 4.98 Å². The van der Waals surface area contributed by atoms with E-state index >= 15 is 0 Å². The van der Waals surface area contributed by atoms with E-state index in [0.29, 0.717) is 21.4 Å². The Morgan fingerprint density at radius 3 is 2.63 bits per heavy atom. The largest absolute Gasteiger partial charge is 0.378 e. The molecule has 1 aromatic carbocycles. The Hall–Kier alpha value is -1.03. The number of nitrogens with one attached hydrogen (secondary N) is 1. The molecule has 0 radical (unpaired) electrons. The number of benzene rings is 1. The van der Waals surface area contributed by atoms with E-state index in [1.807, 2.05) is 6.92 Å². The molecule has 0 spiro atoms. The van der Waals surface area contributed by atoms with Gasteiger partial charge in [-0.05, 0) is 30.7 Å². The monoisotopic (exact) mass is 318 g/mol. The third-order valence-corrected chi connectivity index (χ3v) is 3.47. The van der Waals surface area contributed by atoms with Crippen molar-refractivity contribution in [2.75, 3.05) is 5.32 Å². The van der Waals surface area contributed by atoms with Gasteiger partial charge in [0.25, 0.3) is 0 Å². The van der Waals surface area contributed by atoms with Crippen molar-refractivity contribution in [3.05, 3.63) is 56.5 Å². The summed E-state index contributed by atoms with van der Waals surface area (Å²) in [6.45, 7) is 2.06. The predicted molar refractivity (Wildman–Crippen MR) is 77.7 cm³/mol. The lowest BCUT2D eigenvalue weighted by molar-refractivity contribution is 0.613. The van der Waals surface area contributed by atoms with E-state index in [4.69, 9.17) is 34.8 Å². The van der Waals surface area contributed by atoms with Crippen molar-refractivity contribution in [2.24, 2.45) is 0 Å². The molecule has 1 heterocycles. The molecule has 0 aliphatic heterocycles. The molecule has 0 aliphatic carbocycles. The third kappa shape index (κ3) is 3.30. The standard InChI is InChI=1S/C13H10Cl3FN2/c1-7-5-11(15)19-13(16)12(7)18-6-8-9(14)3-2-4-10(8)17/h2-5,18H,6H2,1H3. The van der Waals surface area contributed by atoms with E-state index in [1.165, 1.54) is 6.07 Å². The minimum atomic E-state index is -0.365. The van der Waals surface area contributed by atoms with Gasteiger partial charge in [-0.1, -0.05) is 40.9 Å². The van der Waals surface area contributed by atoms with E-state index in [-0.39, 0.29) is 17.5 Å². The maximum absolute atomic E-state index is 13.6. The average molecular weight is 320 g/mol. The van der Waals surface area contributed by atoms with Gasteiger partial charge >= 0.3 is 0 Å². The highest BCUT2D eigenvalue weighted by molar-refractivity contribution is 6.34. The van der Waals surface area contributed by atoms with Crippen molar-refractivity contribution in [2.45, 2.75) is 13.5 Å². The van der Waals surface area contributed by atoms with Crippen LogP contribution in [0.25, 0.3) is 0 Å². The zero-order valence-corrected chi connectivity index (χ0v) is 12.2. The van der Waals surface area contributed by atoms with Crippen molar-refractivity contribution in [1.82, 2.24) is 4.98 Å². The van der Waals surface area contributed by atoms with Gasteiger partial charge in [-0.2, -0.15) is 0 Å². The highest BCUT2D eigenvalue weighted by Crippen LogP contribution is 2.28.